The van der Waals surface area contributed by atoms with Crippen molar-refractivity contribution in [2.45, 2.75) is 31.3 Å². The Labute approximate surface area is 159 Å². The highest BCUT2D eigenvalue weighted by atomic mass is 32.2. The highest BCUT2D eigenvalue weighted by molar-refractivity contribution is 7.89. The zero-order valence-electron chi connectivity index (χ0n) is 15.6. The lowest BCUT2D eigenvalue weighted by atomic mass is 10.2. The van der Waals surface area contributed by atoms with E-state index in [2.05, 4.69) is 9.82 Å². The van der Waals surface area contributed by atoms with Crippen LogP contribution in [0.25, 0.3) is 11.3 Å². The first-order valence-electron chi connectivity index (χ1n) is 8.68. The monoisotopic (exact) mass is 385 g/mol. The first-order valence-corrected chi connectivity index (χ1v) is 10.2. The van der Waals surface area contributed by atoms with Crippen molar-refractivity contribution >= 4 is 10.0 Å². The fourth-order valence-corrected chi connectivity index (χ4v) is 3.84. The van der Waals surface area contributed by atoms with E-state index in [1.807, 2.05) is 62.4 Å². The van der Waals surface area contributed by atoms with E-state index in [4.69, 9.17) is 4.74 Å². The van der Waals surface area contributed by atoms with Crippen LogP contribution in [0.5, 0.6) is 5.75 Å². The molecule has 0 bridgehead atoms. The van der Waals surface area contributed by atoms with Crippen molar-refractivity contribution in [2.24, 2.45) is 0 Å². The molecule has 7 heteroatoms. The van der Waals surface area contributed by atoms with Crippen LogP contribution in [-0.2, 0) is 16.6 Å². The summed E-state index contributed by atoms with van der Waals surface area (Å²) in [7, 11) is -2.16. The summed E-state index contributed by atoms with van der Waals surface area (Å²) in [6.07, 6.45) is 1.58. The summed E-state index contributed by atoms with van der Waals surface area (Å²) in [6, 6.07) is 16.7. The van der Waals surface area contributed by atoms with Gasteiger partial charge in [0.25, 0.3) is 0 Å². The van der Waals surface area contributed by atoms with Crippen LogP contribution in [0, 0.1) is 0 Å². The molecule has 2 aromatic carbocycles. The van der Waals surface area contributed by atoms with Crippen LogP contribution in [0.2, 0.25) is 0 Å². The number of nitrogens with zero attached hydrogens (tertiary/aromatic N) is 2. The maximum atomic E-state index is 13.0. The smallest absolute Gasteiger partial charge is 0.244 e. The van der Waals surface area contributed by atoms with E-state index in [0.29, 0.717) is 11.4 Å². The summed E-state index contributed by atoms with van der Waals surface area (Å²) in [4.78, 5) is 0.172. The third-order valence-electron chi connectivity index (χ3n) is 4.16. The summed E-state index contributed by atoms with van der Waals surface area (Å²) in [5.74, 6) is 0.685. The average molecular weight is 385 g/mol. The topological polar surface area (TPSA) is 73.2 Å². The van der Waals surface area contributed by atoms with Gasteiger partial charge in [-0.2, -0.15) is 5.10 Å². The number of ether oxygens (including phenoxy) is 1. The molecule has 6 nitrogen and oxygen atoms in total. The van der Waals surface area contributed by atoms with E-state index in [9.17, 15) is 8.42 Å². The second-order valence-electron chi connectivity index (χ2n) is 6.46. The second-order valence-corrected chi connectivity index (χ2v) is 8.19. The summed E-state index contributed by atoms with van der Waals surface area (Å²) < 4.78 is 35.5. The van der Waals surface area contributed by atoms with Gasteiger partial charge in [0.2, 0.25) is 10.0 Å². The Hall–Kier alpha value is -2.64. The van der Waals surface area contributed by atoms with Crippen LogP contribution < -0.4 is 9.46 Å². The Kier molecular flexibility index (Phi) is 5.62. The minimum Gasteiger partial charge on any atom is -0.497 e. The van der Waals surface area contributed by atoms with Crippen LogP contribution in [0.15, 0.2) is 65.7 Å². The van der Waals surface area contributed by atoms with Gasteiger partial charge in [0.05, 0.1) is 7.11 Å². The van der Waals surface area contributed by atoms with Gasteiger partial charge in [0, 0.05) is 24.3 Å². The highest BCUT2D eigenvalue weighted by Crippen LogP contribution is 2.27. The van der Waals surface area contributed by atoms with E-state index in [1.165, 1.54) is 0 Å². The SMILES string of the molecule is COc1cccc(CNS(=O)(=O)c2cn(C(C)C)nc2-c2ccccc2)c1. The molecule has 0 amide bonds. The van der Waals surface area contributed by atoms with E-state index in [0.717, 1.165) is 11.1 Å². The van der Waals surface area contributed by atoms with Gasteiger partial charge in [-0.3, -0.25) is 4.68 Å². The van der Waals surface area contributed by atoms with Crippen LogP contribution in [0.1, 0.15) is 25.5 Å². The molecule has 1 aromatic heterocycles. The normalized spacial score (nSPS) is 11.7. The summed E-state index contributed by atoms with van der Waals surface area (Å²) in [5, 5.41) is 4.51. The lowest BCUT2D eigenvalue weighted by Gasteiger charge is -2.08. The molecular weight excluding hydrogens is 362 g/mol. The van der Waals surface area contributed by atoms with E-state index < -0.39 is 10.0 Å². The molecule has 0 aliphatic rings. The largest absolute Gasteiger partial charge is 0.497 e. The van der Waals surface area contributed by atoms with Crippen LogP contribution in [-0.4, -0.2) is 25.3 Å². The number of hydrogen-bond acceptors (Lipinski definition) is 4. The predicted molar refractivity (Wildman–Crippen MR) is 105 cm³/mol. The minimum absolute atomic E-state index is 0.0507. The molecule has 0 saturated heterocycles. The molecule has 1 heterocycles. The number of hydrogen-bond donors (Lipinski definition) is 1. The summed E-state index contributed by atoms with van der Waals surface area (Å²) in [5.41, 5.74) is 2.02. The van der Waals surface area contributed by atoms with Crippen molar-refractivity contribution in [1.29, 1.82) is 0 Å². The van der Waals surface area contributed by atoms with Crippen LogP contribution >= 0.6 is 0 Å². The van der Waals surface area contributed by atoms with Crippen LogP contribution in [0.4, 0.5) is 0 Å². The zero-order valence-corrected chi connectivity index (χ0v) is 16.4. The third-order valence-corrected chi connectivity index (χ3v) is 5.57. The Morgan fingerprint density at radius 1 is 1.11 bits per heavy atom. The Morgan fingerprint density at radius 3 is 2.52 bits per heavy atom. The number of benzene rings is 2. The Bertz CT molecular complexity index is 1010. The van der Waals surface area contributed by atoms with Crippen molar-refractivity contribution < 1.29 is 13.2 Å². The van der Waals surface area contributed by atoms with Crippen molar-refractivity contribution in [3.8, 4) is 17.0 Å². The van der Waals surface area contributed by atoms with E-state index in [-0.39, 0.29) is 17.5 Å². The summed E-state index contributed by atoms with van der Waals surface area (Å²) in [6.45, 7) is 4.09. The molecule has 0 fully saturated rings. The first kappa shape index (κ1) is 19.1. The molecule has 0 aliphatic heterocycles. The molecule has 3 rings (SSSR count). The van der Waals surface area contributed by atoms with Gasteiger partial charge in [-0.15, -0.1) is 0 Å². The highest BCUT2D eigenvalue weighted by Gasteiger charge is 2.24. The summed E-state index contributed by atoms with van der Waals surface area (Å²) >= 11 is 0. The third kappa shape index (κ3) is 4.37. The van der Waals surface area contributed by atoms with Gasteiger partial charge >= 0.3 is 0 Å². The van der Waals surface area contributed by atoms with Gasteiger partial charge in [-0.25, -0.2) is 13.1 Å². The molecule has 142 valence electrons. The molecule has 0 saturated carbocycles. The quantitative estimate of drug-likeness (QED) is 0.674. The van der Waals surface area contributed by atoms with Gasteiger partial charge in [0.15, 0.2) is 0 Å². The molecule has 0 atom stereocenters. The van der Waals surface area contributed by atoms with E-state index in [1.54, 1.807) is 24.1 Å². The van der Waals surface area contributed by atoms with Crippen molar-refractivity contribution in [2.75, 3.05) is 7.11 Å². The van der Waals surface area contributed by atoms with Gasteiger partial charge in [-0.05, 0) is 31.5 Å². The minimum atomic E-state index is -3.74. The Morgan fingerprint density at radius 2 is 1.85 bits per heavy atom. The lowest BCUT2D eigenvalue weighted by molar-refractivity contribution is 0.414. The zero-order chi connectivity index (χ0) is 19.4. The number of methoxy groups -OCH3 is 1. The van der Waals surface area contributed by atoms with Crippen molar-refractivity contribution in [1.82, 2.24) is 14.5 Å². The van der Waals surface area contributed by atoms with E-state index >= 15 is 0 Å². The molecule has 0 aliphatic carbocycles. The van der Waals surface area contributed by atoms with Gasteiger partial charge in [0.1, 0.15) is 16.3 Å². The van der Waals surface area contributed by atoms with Crippen LogP contribution in [0.3, 0.4) is 0 Å². The fourth-order valence-electron chi connectivity index (χ4n) is 2.67. The molecule has 0 spiro atoms. The van der Waals surface area contributed by atoms with Crippen molar-refractivity contribution in [3.05, 3.63) is 66.4 Å². The standard InChI is InChI=1S/C20H23N3O3S/c1-15(2)23-14-19(20(22-23)17-9-5-4-6-10-17)27(24,25)21-13-16-8-7-11-18(12-16)26-3/h4-12,14-15,21H,13H2,1-3H3. The average Bonchev–Trinajstić information content (AvgIpc) is 3.14. The molecule has 0 unspecified atom stereocenters. The lowest BCUT2D eigenvalue weighted by Crippen LogP contribution is -2.23. The number of aromatic nitrogens is 2. The Balaban J connectivity index is 1.93. The number of rotatable bonds is 7. The predicted octanol–water partition coefficient (Wildman–Crippen LogP) is 3.62. The maximum Gasteiger partial charge on any atom is 0.244 e. The van der Waals surface area contributed by atoms with Crippen molar-refractivity contribution in [3.63, 3.8) is 0 Å². The van der Waals surface area contributed by atoms with Gasteiger partial charge in [-0.1, -0.05) is 42.5 Å². The second kappa shape index (κ2) is 7.94. The number of nitrogens with one attached hydrogen (secondary N) is 1. The molecule has 0 radical (unpaired) electrons. The number of sulfonamides is 1. The first-order chi connectivity index (χ1) is 12.9. The maximum absolute atomic E-state index is 13.0. The molecule has 1 N–H and O–H groups in total. The van der Waals surface area contributed by atoms with Gasteiger partial charge < -0.3 is 4.74 Å². The molecule has 3 aromatic rings. The fraction of sp³-hybridized carbons (Fsp3) is 0.250. The molecular formula is C20H23N3O3S. The molecule has 27 heavy (non-hydrogen) atoms.